The molecule has 2 aromatic heterocycles. The standard InChI is InChI=1S/C15H10N2O2S/c18-15(19)13-9-20-14(17-13)8-7-11-6-5-10-3-1-2-4-12(10)16-11/h1-9H,(H,18,19)/b8-7+. The molecule has 0 unspecified atom stereocenters. The Hall–Kier alpha value is -2.53. The molecule has 0 spiro atoms. The van der Waals surface area contributed by atoms with Crippen molar-refractivity contribution in [2.75, 3.05) is 0 Å². The van der Waals surface area contributed by atoms with E-state index in [1.54, 1.807) is 6.08 Å². The second kappa shape index (κ2) is 5.22. The minimum Gasteiger partial charge on any atom is -0.476 e. The topological polar surface area (TPSA) is 63.1 Å². The van der Waals surface area contributed by atoms with Crippen molar-refractivity contribution < 1.29 is 9.90 Å². The van der Waals surface area contributed by atoms with E-state index in [0.717, 1.165) is 16.6 Å². The minimum absolute atomic E-state index is 0.0705. The average Bonchev–Trinajstić information content (AvgIpc) is 2.94. The second-order valence-electron chi connectivity index (χ2n) is 4.14. The van der Waals surface area contributed by atoms with Gasteiger partial charge in [-0.05, 0) is 24.3 Å². The van der Waals surface area contributed by atoms with Gasteiger partial charge in [-0.2, -0.15) is 0 Å². The van der Waals surface area contributed by atoms with Crippen LogP contribution in [0.4, 0.5) is 0 Å². The van der Waals surface area contributed by atoms with Gasteiger partial charge in [0.05, 0.1) is 11.2 Å². The van der Waals surface area contributed by atoms with Gasteiger partial charge in [-0.3, -0.25) is 0 Å². The number of aromatic nitrogens is 2. The van der Waals surface area contributed by atoms with E-state index in [1.165, 1.54) is 16.7 Å². The molecule has 0 saturated carbocycles. The molecule has 20 heavy (non-hydrogen) atoms. The molecule has 2 heterocycles. The van der Waals surface area contributed by atoms with Gasteiger partial charge in [0.2, 0.25) is 0 Å². The largest absolute Gasteiger partial charge is 0.476 e. The lowest BCUT2D eigenvalue weighted by Gasteiger charge is -1.97. The molecule has 4 nitrogen and oxygen atoms in total. The monoisotopic (exact) mass is 282 g/mol. The third kappa shape index (κ3) is 2.57. The first-order valence-corrected chi connectivity index (χ1v) is 6.83. The van der Waals surface area contributed by atoms with E-state index in [1.807, 2.05) is 42.5 Å². The Bertz CT molecular complexity index is 808. The Morgan fingerprint density at radius 3 is 2.75 bits per heavy atom. The maximum atomic E-state index is 10.7. The molecule has 0 atom stereocenters. The fraction of sp³-hybridized carbons (Fsp3) is 0. The number of thiazole rings is 1. The fourth-order valence-electron chi connectivity index (χ4n) is 1.79. The molecule has 0 aliphatic carbocycles. The second-order valence-corrected chi connectivity index (χ2v) is 5.03. The van der Waals surface area contributed by atoms with Crippen LogP contribution in [0.25, 0.3) is 23.1 Å². The normalized spacial score (nSPS) is 11.2. The molecule has 3 rings (SSSR count). The van der Waals surface area contributed by atoms with E-state index >= 15 is 0 Å². The van der Waals surface area contributed by atoms with Crippen molar-refractivity contribution >= 4 is 40.4 Å². The van der Waals surface area contributed by atoms with E-state index in [9.17, 15) is 4.79 Å². The van der Waals surface area contributed by atoms with Crippen molar-refractivity contribution in [2.45, 2.75) is 0 Å². The molecule has 98 valence electrons. The number of carboxylic acids is 1. The van der Waals surface area contributed by atoms with E-state index in [-0.39, 0.29) is 5.69 Å². The van der Waals surface area contributed by atoms with Crippen LogP contribution in [0.5, 0.6) is 0 Å². The molecule has 0 fully saturated rings. The number of hydrogen-bond donors (Lipinski definition) is 1. The molecule has 5 heteroatoms. The van der Waals surface area contributed by atoms with Gasteiger partial charge in [-0.25, -0.2) is 14.8 Å². The zero-order valence-electron chi connectivity index (χ0n) is 10.4. The lowest BCUT2D eigenvalue weighted by Crippen LogP contribution is -1.95. The molecular weight excluding hydrogens is 272 g/mol. The highest BCUT2D eigenvalue weighted by Gasteiger charge is 2.06. The lowest BCUT2D eigenvalue weighted by molar-refractivity contribution is 0.0691. The highest BCUT2D eigenvalue weighted by molar-refractivity contribution is 7.10. The molecule has 0 aliphatic rings. The van der Waals surface area contributed by atoms with Gasteiger partial charge in [-0.1, -0.05) is 24.3 Å². The number of aromatic carboxylic acids is 1. The first-order chi connectivity index (χ1) is 9.72. The van der Waals surface area contributed by atoms with Crippen LogP contribution in [0.1, 0.15) is 21.2 Å². The highest BCUT2D eigenvalue weighted by Crippen LogP contribution is 2.15. The van der Waals surface area contributed by atoms with Crippen LogP contribution < -0.4 is 0 Å². The summed E-state index contributed by atoms with van der Waals surface area (Å²) in [5.41, 5.74) is 1.82. The molecule has 0 bridgehead atoms. The van der Waals surface area contributed by atoms with E-state index in [0.29, 0.717) is 5.01 Å². The van der Waals surface area contributed by atoms with Crippen LogP contribution in [0.15, 0.2) is 41.8 Å². The number of fused-ring (bicyclic) bond motifs is 1. The molecule has 0 aliphatic heterocycles. The van der Waals surface area contributed by atoms with Crippen LogP contribution in [0, 0.1) is 0 Å². The first kappa shape index (κ1) is 12.5. The van der Waals surface area contributed by atoms with E-state index in [2.05, 4.69) is 9.97 Å². The number of para-hydroxylation sites is 1. The van der Waals surface area contributed by atoms with Gasteiger partial charge < -0.3 is 5.11 Å². The minimum atomic E-state index is -1.01. The number of hydrogen-bond acceptors (Lipinski definition) is 4. The number of nitrogens with zero attached hydrogens (tertiary/aromatic N) is 2. The Labute approximate surface area is 119 Å². The molecular formula is C15H10N2O2S. The smallest absolute Gasteiger partial charge is 0.355 e. The molecule has 3 aromatic rings. The molecule has 1 aromatic carbocycles. The highest BCUT2D eigenvalue weighted by atomic mass is 32.1. The average molecular weight is 282 g/mol. The number of rotatable bonds is 3. The quantitative estimate of drug-likeness (QED) is 0.797. The van der Waals surface area contributed by atoms with Crippen LogP contribution in [0.3, 0.4) is 0 Å². The summed E-state index contributed by atoms with van der Waals surface area (Å²) in [6.45, 7) is 0. The maximum absolute atomic E-state index is 10.7. The molecule has 1 N–H and O–H groups in total. The predicted molar refractivity (Wildman–Crippen MR) is 79.7 cm³/mol. The van der Waals surface area contributed by atoms with E-state index < -0.39 is 5.97 Å². The fourth-order valence-corrected chi connectivity index (χ4v) is 2.48. The Kier molecular flexibility index (Phi) is 3.26. The number of pyridine rings is 1. The van der Waals surface area contributed by atoms with Crippen molar-refractivity contribution in [2.24, 2.45) is 0 Å². The summed E-state index contributed by atoms with van der Waals surface area (Å²) in [5.74, 6) is -1.01. The Morgan fingerprint density at radius 2 is 1.95 bits per heavy atom. The van der Waals surface area contributed by atoms with Crippen molar-refractivity contribution in [3.05, 3.63) is 58.2 Å². The van der Waals surface area contributed by atoms with Gasteiger partial charge in [0, 0.05) is 10.8 Å². The van der Waals surface area contributed by atoms with Gasteiger partial charge >= 0.3 is 5.97 Å². The van der Waals surface area contributed by atoms with Crippen molar-refractivity contribution in [3.8, 4) is 0 Å². The third-order valence-electron chi connectivity index (χ3n) is 2.76. The third-order valence-corrected chi connectivity index (χ3v) is 3.57. The first-order valence-electron chi connectivity index (χ1n) is 5.95. The maximum Gasteiger partial charge on any atom is 0.355 e. The summed E-state index contributed by atoms with van der Waals surface area (Å²) in [6.07, 6.45) is 3.60. The molecule has 0 radical (unpaired) electrons. The number of carboxylic acid groups (broad SMARTS) is 1. The van der Waals surface area contributed by atoms with Crippen LogP contribution in [-0.4, -0.2) is 21.0 Å². The van der Waals surface area contributed by atoms with Gasteiger partial charge in [0.15, 0.2) is 5.69 Å². The van der Waals surface area contributed by atoms with Crippen molar-refractivity contribution in [1.82, 2.24) is 9.97 Å². The summed E-state index contributed by atoms with van der Waals surface area (Å²) in [5, 5.41) is 12.1. The SMILES string of the molecule is O=C(O)c1csc(/C=C/c2ccc3ccccc3n2)n1. The Balaban J connectivity index is 1.87. The summed E-state index contributed by atoms with van der Waals surface area (Å²) in [4.78, 5) is 19.2. The van der Waals surface area contributed by atoms with Crippen molar-refractivity contribution in [1.29, 1.82) is 0 Å². The predicted octanol–water partition coefficient (Wildman–Crippen LogP) is 3.56. The zero-order valence-corrected chi connectivity index (χ0v) is 11.2. The lowest BCUT2D eigenvalue weighted by atomic mass is 10.2. The molecule has 0 amide bonds. The summed E-state index contributed by atoms with van der Waals surface area (Å²) < 4.78 is 0. The zero-order chi connectivity index (χ0) is 13.9. The van der Waals surface area contributed by atoms with Crippen LogP contribution >= 0.6 is 11.3 Å². The number of carbonyl (C=O) groups is 1. The van der Waals surface area contributed by atoms with Gasteiger partial charge in [0.1, 0.15) is 5.01 Å². The van der Waals surface area contributed by atoms with Crippen LogP contribution in [-0.2, 0) is 0 Å². The summed E-state index contributed by atoms with van der Waals surface area (Å²) in [7, 11) is 0. The summed E-state index contributed by atoms with van der Waals surface area (Å²) >= 11 is 1.29. The molecule has 0 saturated heterocycles. The number of benzene rings is 1. The van der Waals surface area contributed by atoms with E-state index in [4.69, 9.17) is 5.11 Å². The Morgan fingerprint density at radius 1 is 1.10 bits per heavy atom. The van der Waals surface area contributed by atoms with Crippen molar-refractivity contribution in [3.63, 3.8) is 0 Å². The van der Waals surface area contributed by atoms with Gasteiger partial charge in [-0.15, -0.1) is 11.3 Å². The summed E-state index contributed by atoms with van der Waals surface area (Å²) in [6, 6.07) is 11.8. The van der Waals surface area contributed by atoms with Gasteiger partial charge in [0.25, 0.3) is 0 Å². The van der Waals surface area contributed by atoms with Crippen LogP contribution in [0.2, 0.25) is 0 Å².